The zero-order valence-electron chi connectivity index (χ0n) is 11.0. The summed E-state index contributed by atoms with van der Waals surface area (Å²) in [6.45, 7) is 0.907. The second kappa shape index (κ2) is 6.78. The smallest absolute Gasteiger partial charge is 0.237 e. The Morgan fingerprint density at radius 2 is 2.25 bits per heavy atom. The van der Waals surface area contributed by atoms with Gasteiger partial charge in [-0.1, -0.05) is 0 Å². The van der Waals surface area contributed by atoms with Crippen LogP contribution in [0.4, 0.5) is 4.39 Å². The summed E-state index contributed by atoms with van der Waals surface area (Å²) in [6, 6.07) is 4.71. The molecule has 0 saturated carbocycles. The van der Waals surface area contributed by atoms with E-state index in [0.717, 1.165) is 42.0 Å². The van der Waals surface area contributed by atoms with Crippen molar-refractivity contribution in [2.45, 2.75) is 36.2 Å². The third kappa shape index (κ3) is 3.27. The van der Waals surface area contributed by atoms with Crippen LogP contribution in [0.15, 0.2) is 23.1 Å². The number of hydrogen-bond donors (Lipinski definition) is 2. The first-order valence-corrected chi connectivity index (χ1v) is 7.68. The van der Waals surface area contributed by atoms with Crippen molar-refractivity contribution in [3.8, 4) is 0 Å². The molecule has 0 spiro atoms. The zero-order valence-corrected chi connectivity index (χ0v) is 12.7. The molecule has 1 unspecified atom stereocenters. The number of benzene rings is 1. The molecular formula is C14H18ClFN2OS. The molecule has 1 saturated heterocycles. The highest BCUT2D eigenvalue weighted by Gasteiger charge is 2.27. The Balaban J connectivity index is 0.00000147. The highest BCUT2D eigenvalue weighted by molar-refractivity contribution is 7.99. The van der Waals surface area contributed by atoms with Crippen LogP contribution in [0.25, 0.3) is 0 Å². The first-order chi connectivity index (χ1) is 9.24. The quantitative estimate of drug-likeness (QED) is 0.881. The van der Waals surface area contributed by atoms with Crippen molar-refractivity contribution in [3.05, 3.63) is 29.6 Å². The van der Waals surface area contributed by atoms with Crippen LogP contribution in [-0.4, -0.2) is 24.2 Å². The number of hydrogen-bond acceptors (Lipinski definition) is 3. The molecule has 1 aromatic rings. The lowest BCUT2D eigenvalue weighted by Crippen LogP contribution is -2.42. The van der Waals surface area contributed by atoms with Gasteiger partial charge in [-0.3, -0.25) is 4.79 Å². The summed E-state index contributed by atoms with van der Waals surface area (Å²) >= 11 is 1.73. The van der Waals surface area contributed by atoms with E-state index in [0.29, 0.717) is 0 Å². The molecule has 2 aliphatic rings. The van der Waals surface area contributed by atoms with Gasteiger partial charge in [-0.2, -0.15) is 0 Å². The summed E-state index contributed by atoms with van der Waals surface area (Å²) in [5, 5.41) is 6.25. The fraction of sp³-hybridized carbons (Fsp3) is 0.500. The molecule has 1 fully saturated rings. The normalized spacial score (nSPS) is 24.6. The maximum atomic E-state index is 13.4. The van der Waals surface area contributed by atoms with E-state index >= 15 is 0 Å². The largest absolute Gasteiger partial charge is 0.348 e. The molecule has 6 heteroatoms. The number of thioether (sulfide) groups is 1. The molecule has 20 heavy (non-hydrogen) atoms. The monoisotopic (exact) mass is 316 g/mol. The molecule has 2 heterocycles. The molecule has 1 amide bonds. The van der Waals surface area contributed by atoms with Gasteiger partial charge in [0.05, 0.1) is 12.1 Å². The van der Waals surface area contributed by atoms with Crippen molar-refractivity contribution in [2.24, 2.45) is 0 Å². The van der Waals surface area contributed by atoms with E-state index < -0.39 is 0 Å². The van der Waals surface area contributed by atoms with Gasteiger partial charge in [-0.25, -0.2) is 4.39 Å². The Bertz CT molecular complexity index is 494. The van der Waals surface area contributed by atoms with Crippen LogP contribution < -0.4 is 10.6 Å². The Morgan fingerprint density at radius 3 is 3.00 bits per heavy atom. The molecule has 0 aromatic heterocycles. The Hall–Kier alpha value is -0.780. The molecule has 0 radical (unpaired) electrons. The van der Waals surface area contributed by atoms with Crippen molar-refractivity contribution in [2.75, 3.05) is 12.3 Å². The van der Waals surface area contributed by atoms with Gasteiger partial charge in [0.1, 0.15) is 5.82 Å². The van der Waals surface area contributed by atoms with E-state index in [2.05, 4.69) is 10.6 Å². The minimum atomic E-state index is -0.237. The van der Waals surface area contributed by atoms with Crippen LogP contribution >= 0.6 is 24.2 Å². The molecule has 2 atom stereocenters. The highest BCUT2D eigenvalue weighted by Crippen LogP contribution is 2.36. The first-order valence-electron chi connectivity index (χ1n) is 6.70. The summed E-state index contributed by atoms with van der Waals surface area (Å²) in [4.78, 5) is 13.2. The van der Waals surface area contributed by atoms with Crippen LogP contribution in [0, 0.1) is 5.82 Å². The predicted octanol–water partition coefficient (Wildman–Crippen LogP) is 2.65. The van der Waals surface area contributed by atoms with E-state index in [1.54, 1.807) is 17.8 Å². The van der Waals surface area contributed by atoms with Gasteiger partial charge >= 0.3 is 0 Å². The minimum Gasteiger partial charge on any atom is -0.348 e. The number of nitrogens with one attached hydrogen (secondary N) is 2. The Morgan fingerprint density at radius 1 is 1.40 bits per heavy atom. The van der Waals surface area contributed by atoms with Crippen molar-refractivity contribution < 1.29 is 9.18 Å². The molecule has 3 rings (SSSR count). The lowest BCUT2D eigenvalue weighted by molar-refractivity contribution is -0.123. The van der Waals surface area contributed by atoms with E-state index in [1.165, 1.54) is 6.07 Å². The number of amides is 1. The van der Waals surface area contributed by atoms with Gasteiger partial charge < -0.3 is 10.6 Å². The van der Waals surface area contributed by atoms with Crippen LogP contribution in [0.5, 0.6) is 0 Å². The average Bonchev–Trinajstić information content (AvgIpc) is 2.93. The standard InChI is InChI=1S/C14H17FN2OS.ClH/c15-9-3-4-13-10(8-9)11(5-7-19-13)17-14(18)12-2-1-6-16-12;/h3-4,8,11-12,16H,1-2,5-7H2,(H,17,18);1H/t11?,12-;/m0./s1. The van der Waals surface area contributed by atoms with Crippen LogP contribution in [-0.2, 0) is 4.79 Å². The second-order valence-electron chi connectivity index (χ2n) is 5.03. The second-order valence-corrected chi connectivity index (χ2v) is 6.17. The van der Waals surface area contributed by atoms with Crippen molar-refractivity contribution in [3.63, 3.8) is 0 Å². The lowest BCUT2D eigenvalue weighted by Gasteiger charge is -2.27. The maximum absolute atomic E-state index is 13.4. The van der Waals surface area contributed by atoms with Gasteiger partial charge in [0.15, 0.2) is 0 Å². The molecule has 0 bridgehead atoms. The summed E-state index contributed by atoms with van der Waals surface area (Å²) in [5.41, 5.74) is 0.919. The van der Waals surface area contributed by atoms with E-state index in [4.69, 9.17) is 0 Å². The number of fused-ring (bicyclic) bond motifs is 1. The number of carbonyl (C=O) groups excluding carboxylic acids is 1. The number of halogens is 2. The van der Waals surface area contributed by atoms with E-state index in [-0.39, 0.29) is 36.2 Å². The fourth-order valence-electron chi connectivity index (χ4n) is 2.70. The number of rotatable bonds is 2. The zero-order chi connectivity index (χ0) is 13.2. The van der Waals surface area contributed by atoms with Crippen LogP contribution in [0.2, 0.25) is 0 Å². The fourth-order valence-corrected chi connectivity index (χ4v) is 3.80. The van der Waals surface area contributed by atoms with E-state index in [9.17, 15) is 9.18 Å². The lowest BCUT2D eigenvalue weighted by atomic mass is 10.0. The Labute approximate surface area is 128 Å². The van der Waals surface area contributed by atoms with Crippen LogP contribution in [0.3, 0.4) is 0 Å². The maximum Gasteiger partial charge on any atom is 0.237 e. The summed E-state index contributed by atoms with van der Waals surface area (Å²) < 4.78 is 13.4. The highest BCUT2D eigenvalue weighted by atomic mass is 35.5. The average molecular weight is 317 g/mol. The third-order valence-corrected chi connectivity index (χ3v) is 4.83. The predicted molar refractivity (Wildman–Crippen MR) is 80.9 cm³/mol. The Kier molecular flexibility index (Phi) is 5.29. The van der Waals surface area contributed by atoms with E-state index in [1.807, 2.05) is 6.07 Å². The van der Waals surface area contributed by atoms with Crippen molar-refractivity contribution in [1.29, 1.82) is 0 Å². The molecule has 3 nitrogen and oxygen atoms in total. The van der Waals surface area contributed by atoms with Gasteiger partial charge in [0, 0.05) is 10.6 Å². The van der Waals surface area contributed by atoms with Crippen molar-refractivity contribution in [1.82, 2.24) is 10.6 Å². The molecular weight excluding hydrogens is 299 g/mol. The molecule has 0 aliphatic carbocycles. The molecule has 2 aliphatic heterocycles. The molecule has 1 aromatic carbocycles. The van der Waals surface area contributed by atoms with Gasteiger partial charge in [-0.05, 0) is 49.6 Å². The van der Waals surface area contributed by atoms with Gasteiger partial charge in [0.25, 0.3) is 0 Å². The van der Waals surface area contributed by atoms with Gasteiger partial charge in [0.2, 0.25) is 5.91 Å². The number of carbonyl (C=O) groups is 1. The molecule has 110 valence electrons. The summed E-state index contributed by atoms with van der Waals surface area (Å²) in [6.07, 6.45) is 2.80. The minimum absolute atomic E-state index is 0. The van der Waals surface area contributed by atoms with Crippen molar-refractivity contribution >= 4 is 30.1 Å². The topological polar surface area (TPSA) is 41.1 Å². The molecule has 2 N–H and O–H groups in total. The summed E-state index contributed by atoms with van der Waals surface area (Å²) in [7, 11) is 0. The third-order valence-electron chi connectivity index (χ3n) is 3.70. The SMILES string of the molecule is Cl.O=C(NC1CCSc2ccc(F)cc21)[C@@H]1CCCN1. The van der Waals surface area contributed by atoms with Gasteiger partial charge in [-0.15, -0.1) is 24.2 Å². The summed E-state index contributed by atoms with van der Waals surface area (Å²) in [5.74, 6) is 0.769. The van der Waals surface area contributed by atoms with Crippen LogP contribution in [0.1, 0.15) is 30.9 Å². The first kappa shape index (κ1) is 15.6.